The minimum atomic E-state index is -3.84. The molecular formula is C25H33NO6S. The third-order valence-electron chi connectivity index (χ3n) is 5.85. The molecule has 3 rings (SSSR count). The first kappa shape index (κ1) is 25.1. The smallest absolute Gasteiger partial charge is 0.307 e. The quantitative estimate of drug-likeness (QED) is 0.498. The number of fused-ring (bicyclic) bond motifs is 1. The van der Waals surface area contributed by atoms with Crippen LogP contribution in [0.25, 0.3) is 0 Å². The summed E-state index contributed by atoms with van der Waals surface area (Å²) in [6.45, 7) is 9.06. The molecule has 2 aromatic carbocycles. The number of sulfonamides is 1. The number of benzene rings is 2. The Bertz CT molecular complexity index is 1080. The van der Waals surface area contributed by atoms with E-state index in [9.17, 15) is 13.2 Å². The number of carbonyl (C=O) groups is 1. The minimum absolute atomic E-state index is 0.0909. The van der Waals surface area contributed by atoms with Crippen LogP contribution in [0.15, 0.2) is 41.3 Å². The molecule has 0 amide bonds. The number of ether oxygens (including phenoxy) is 3. The Hall–Kier alpha value is -2.58. The van der Waals surface area contributed by atoms with Gasteiger partial charge in [0, 0.05) is 6.54 Å². The molecule has 2 aromatic rings. The van der Waals surface area contributed by atoms with Crippen LogP contribution >= 0.6 is 0 Å². The highest BCUT2D eigenvalue weighted by molar-refractivity contribution is 7.89. The van der Waals surface area contributed by atoms with Gasteiger partial charge in [-0.1, -0.05) is 26.0 Å². The summed E-state index contributed by atoms with van der Waals surface area (Å²) in [6.07, 6.45) is 0.412. The van der Waals surface area contributed by atoms with Gasteiger partial charge in [-0.05, 0) is 67.1 Å². The van der Waals surface area contributed by atoms with Crippen LogP contribution in [0.1, 0.15) is 62.8 Å². The predicted octanol–water partition coefficient (Wildman–Crippen LogP) is 4.46. The zero-order valence-electron chi connectivity index (χ0n) is 20.0. The number of carbonyl (C=O) groups excluding carboxylic acids is 1. The molecule has 0 saturated carbocycles. The van der Waals surface area contributed by atoms with E-state index in [1.807, 2.05) is 32.0 Å². The molecule has 0 fully saturated rings. The Morgan fingerprint density at radius 1 is 1.06 bits per heavy atom. The maximum atomic E-state index is 13.7. The van der Waals surface area contributed by atoms with E-state index >= 15 is 0 Å². The summed E-state index contributed by atoms with van der Waals surface area (Å²) in [4.78, 5) is 12.5. The van der Waals surface area contributed by atoms with E-state index in [-0.39, 0.29) is 17.9 Å². The fourth-order valence-electron chi connectivity index (χ4n) is 4.12. The molecule has 0 saturated heterocycles. The fraction of sp³-hybridized carbons (Fsp3) is 0.480. The van der Waals surface area contributed by atoms with Gasteiger partial charge in [0.15, 0.2) is 11.5 Å². The van der Waals surface area contributed by atoms with Crippen LogP contribution in [0.2, 0.25) is 0 Å². The second-order valence-electron chi connectivity index (χ2n) is 8.25. The zero-order valence-corrected chi connectivity index (χ0v) is 20.8. The number of rotatable bonds is 9. The molecule has 0 N–H and O–H groups in total. The summed E-state index contributed by atoms with van der Waals surface area (Å²) in [5.41, 5.74) is 2.74. The molecule has 1 atom stereocenters. The van der Waals surface area contributed by atoms with Gasteiger partial charge < -0.3 is 14.2 Å². The molecular weight excluding hydrogens is 442 g/mol. The second kappa shape index (κ2) is 10.6. The Morgan fingerprint density at radius 2 is 1.67 bits per heavy atom. The monoisotopic (exact) mass is 475 g/mol. The maximum Gasteiger partial charge on any atom is 0.307 e. The lowest BCUT2D eigenvalue weighted by Crippen LogP contribution is -2.41. The highest BCUT2D eigenvalue weighted by Crippen LogP contribution is 2.42. The maximum absolute atomic E-state index is 13.7. The highest BCUT2D eigenvalue weighted by Gasteiger charge is 2.38. The highest BCUT2D eigenvalue weighted by atomic mass is 32.2. The lowest BCUT2D eigenvalue weighted by Gasteiger charge is -2.36. The Labute approximate surface area is 196 Å². The summed E-state index contributed by atoms with van der Waals surface area (Å²) in [5.74, 6) is 0.978. The molecule has 0 radical (unpaired) electrons. The molecule has 0 bridgehead atoms. The van der Waals surface area contributed by atoms with Gasteiger partial charge in [0.05, 0.1) is 37.7 Å². The van der Waals surface area contributed by atoms with Crippen molar-refractivity contribution in [2.75, 3.05) is 26.9 Å². The van der Waals surface area contributed by atoms with Crippen molar-refractivity contribution < 1.29 is 27.4 Å². The van der Waals surface area contributed by atoms with Crippen molar-refractivity contribution in [1.82, 2.24) is 4.31 Å². The first-order chi connectivity index (χ1) is 15.7. The summed E-state index contributed by atoms with van der Waals surface area (Å²) in [7, 11) is -2.54. The Morgan fingerprint density at radius 3 is 2.21 bits per heavy atom. The largest absolute Gasteiger partial charge is 0.490 e. The van der Waals surface area contributed by atoms with Crippen molar-refractivity contribution in [3.63, 3.8) is 0 Å². The zero-order chi connectivity index (χ0) is 24.2. The second-order valence-corrected chi connectivity index (χ2v) is 10.1. The van der Waals surface area contributed by atoms with E-state index in [0.29, 0.717) is 37.1 Å². The molecule has 0 spiro atoms. The molecule has 180 valence electrons. The van der Waals surface area contributed by atoms with Gasteiger partial charge in [-0.15, -0.1) is 0 Å². The molecule has 1 aliphatic rings. The minimum Gasteiger partial charge on any atom is -0.490 e. The van der Waals surface area contributed by atoms with Crippen LogP contribution < -0.4 is 9.47 Å². The van der Waals surface area contributed by atoms with Crippen LogP contribution in [0.3, 0.4) is 0 Å². The van der Waals surface area contributed by atoms with Gasteiger partial charge in [-0.25, -0.2) is 8.42 Å². The molecule has 8 heteroatoms. The summed E-state index contributed by atoms with van der Waals surface area (Å²) < 4.78 is 45.1. The van der Waals surface area contributed by atoms with E-state index in [2.05, 4.69) is 13.8 Å². The first-order valence-corrected chi connectivity index (χ1v) is 12.8. The van der Waals surface area contributed by atoms with Crippen molar-refractivity contribution in [2.24, 2.45) is 0 Å². The van der Waals surface area contributed by atoms with Crippen molar-refractivity contribution in [1.29, 1.82) is 0 Å². The normalized spacial score (nSPS) is 16.4. The Balaban J connectivity index is 2.08. The predicted molar refractivity (Wildman–Crippen MR) is 126 cm³/mol. The van der Waals surface area contributed by atoms with Crippen LogP contribution in [0, 0.1) is 0 Å². The third-order valence-corrected chi connectivity index (χ3v) is 7.78. The molecule has 1 unspecified atom stereocenters. The number of methoxy groups -OCH3 is 1. The standard InChI is InChI=1S/C25H33NO6S/c1-6-31-23-14-19-12-13-26(33(28,29)20-10-8-18(9-11-20)17(3)4)22(16-25(27)30-5)21(19)15-24(23)32-7-2/h8-11,14-15,17,22H,6-7,12-13,16H2,1-5H3. The summed E-state index contributed by atoms with van der Waals surface area (Å²) in [6, 6.07) is 9.96. The van der Waals surface area contributed by atoms with Crippen molar-refractivity contribution in [2.45, 2.75) is 57.4 Å². The molecule has 33 heavy (non-hydrogen) atoms. The SMILES string of the molecule is CCOc1cc2c(cc1OCC)C(CC(=O)OC)N(S(=O)(=O)c1ccc(C(C)C)cc1)CC2. The van der Waals surface area contributed by atoms with E-state index < -0.39 is 22.0 Å². The van der Waals surface area contributed by atoms with Gasteiger partial charge in [0.1, 0.15) is 0 Å². The Kier molecular flexibility index (Phi) is 8.02. The molecule has 1 aliphatic heterocycles. The van der Waals surface area contributed by atoms with Crippen LogP contribution in [0.5, 0.6) is 11.5 Å². The van der Waals surface area contributed by atoms with Gasteiger partial charge in [-0.3, -0.25) is 4.79 Å². The van der Waals surface area contributed by atoms with Gasteiger partial charge >= 0.3 is 5.97 Å². The first-order valence-electron chi connectivity index (χ1n) is 11.3. The van der Waals surface area contributed by atoms with Crippen molar-refractivity contribution >= 4 is 16.0 Å². The summed E-state index contributed by atoms with van der Waals surface area (Å²) >= 11 is 0. The van der Waals surface area contributed by atoms with E-state index in [0.717, 1.165) is 16.7 Å². The molecule has 1 heterocycles. The number of hydrogen-bond donors (Lipinski definition) is 0. The average molecular weight is 476 g/mol. The molecule has 0 aromatic heterocycles. The van der Waals surface area contributed by atoms with E-state index in [1.165, 1.54) is 11.4 Å². The van der Waals surface area contributed by atoms with Crippen LogP contribution in [-0.2, 0) is 26.0 Å². The summed E-state index contributed by atoms with van der Waals surface area (Å²) in [5, 5.41) is 0. The van der Waals surface area contributed by atoms with Crippen LogP contribution in [0.4, 0.5) is 0 Å². The van der Waals surface area contributed by atoms with Gasteiger partial charge in [-0.2, -0.15) is 4.31 Å². The number of esters is 1. The number of hydrogen-bond acceptors (Lipinski definition) is 6. The van der Waals surface area contributed by atoms with Gasteiger partial charge in [0.25, 0.3) is 0 Å². The lowest BCUT2D eigenvalue weighted by molar-refractivity contribution is -0.141. The van der Waals surface area contributed by atoms with Crippen molar-refractivity contribution in [3.8, 4) is 11.5 Å². The molecule has 0 aliphatic carbocycles. The molecule has 7 nitrogen and oxygen atoms in total. The third kappa shape index (κ3) is 5.33. The van der Waals surface area contributed by atoms with E-state index in [4.69, 9.17) is 14.2 Å². The fourth-order valence-corrected chi connectivity index (χ4v) is 5.73. The average Bonchev–Trinajstić information content (AvgIpc) is 2.80. The van der Waals surface area contributed by atoms with Crippen LogP contribution in [-0.4, -0.2) is 45.6 Å². The lowest BCUT2D eigenvalue weighted by atomic mass is 9.91. The topological polar surface area (TPSA) is 82.1 Å². The number of nitrogens with zero attached hydrogens (tertiary/aromatic N) is 1. The van der Waals surface area contributed by atoms with E-state index in [1.54, 1.807) is 18.2 Å². The van der Waals surface area contributed by atoms with Gasteiger partial charge in [0.2, 0.25) is 10.0 Å². The van der Waals surface area contributed by atoms with Crippen molar-refractivity contribution in [3.05, 3.63) is 53.1 Å².